The highest BCUT2D eigenvalue weighted by molar-refractivity contribution is 8.16. The van der Waals surface area contributed by atoms with E-state index in [4.69, 9.17) is 0 Å². The van der Waals surface area contributed by atoms with Crippen molar-refractivity contribution >= 4 is 29.4 Å². The van der Waals surface area contributed by atoms with Crippen LogP contribution in [0.4, 0.5) is 4.39 Å². The molecule has 2 aromatic rings. The maximum atomic E-state index is 13.7. The summed E-state index contributed by atoms with van der Waals surface area (Å²) >= 11 is 3.93. The van der Waals surface area contributed by atoms with Crippen LogP contribution in [0.3, 0.4) is 0 Å². The Balaban J connectivity index is 1.67. The highest BCUT2D eigenvalue weighted by Gasteiger charge is 2.18. The molecule has 0 radical (unpaired) electrons. The van der Waals surface area contributed by atoms with E-state index in [2.05, 4.69) is 0 Å². The maximum Gasteiger partial charge on any atom is 0.253 e. The first kappa shape index (κ1) is 17.4. The highest BCUT2D eigenvalue weighted by atomic mass is 32.2. The molecule has 5 heteroatoms. The lowest BCUT2D eigenvalue weighted by atomic mass is 10.1. The van der Waals surface area contributed by atoms with Crippen LogP contribution in [0.15, 0.2) is 48.5 Å². The van der Waals surface area contributed by atoms with Gasteiger partial charge >= 0.3 is 0 Å². The minimum absolute atomic E-state index is 0.0891. The van der Waals surface area contributed by atoms with E-state index in [0.29, 0.717) is 15.7 Å². The third kappa shape index (κ3) is 4.14. The fraction of sp³-hybridized carbons (Fsp3) is 0.316. The van der Waals surface area contributed by atoms with Crippen LogP contribution >= 0.6 is 23.5 Å². The summed E-state index contributed by atoms with van der Waals surface area (Å²) in [5.74, 6) is 2.03. The maximum absolute atomic E-state index is 13.7. The Morgan fingerprint density at radius 3 is 2.46 bits per heavy atom. The SMILES string of the molecule is CN(Cc1ccccc1F)C(=O)c1ccc(C2SCCCS2)cc1. The molecule has 1 amide bonds. The second-order valence-electron chi connectivity index (χ2n) is 5.80. The lowest BCUT2D eigenvalue weighted by Gasteiger charge is -2.22. The van der Waals surface area contributed by atoms with Crippen molar-refractivity contribution in [2.24, 2.45) is 0 Å². The molecule has 3 rings (SSSR count). The number of halogens is 1. The zero-order chi connectivity index (χ0) is 16.9. The normalized spacial score (nSPS) is 15.2. The summed E-state index contributed by atoms with van der Waals surface area (Å²) in [5, 5.41) is 0. The fourth-order valence-corrected chi connectivity index (χ4v) is 5.53. The quantitative estimate of drug-likeness (QED) is 0.767. The largest absolute Gasteiger partial charge is 0.337 e. The smallest absolute Gasteiger partial charge is 0.253 e. The van der Waals surface area contributed by atoms with Crippen molar-refractivity contribution in [1.82, 2.24) is 4.90 Å². The highest BCUT2D eigenvalue weighted by Crippen LogP contribution is 2.43. The van der Waals surface area contributed by atoms with Gasteiger partial charge in [-0.1, -0.05) is 30.3 Å². The first-order valence-corrected chi connectivity index (χ1v) is 10.1. The van der Waals surface area contributed by atoms with Crippen molar-refractivity contribution in [1.29, 1.82) is 0 Å². The summed E-state index contributed by atoms with van der Waals surface area (Å²) in [6, 6.07) is 14.4. The molecule has 0 bridgehead atoms. The second kappa shape index (κ2) is 8.08. The first-order chi connectivity index (χ1) is 11.6. The molecule has 0 saturated carbocycles. The number of hydrogen-bond donors (Lipinski definition) is 0. The van der Waals surface area contributed by atoms with Gasteiger partial charge in [-0.3, -0.25) is 4.79 Å². The molecule has 1 saturated heterocycles. The standard InChI is InChI=1S/C19H20FNOS2/c1-21(13-16-5-2-3-6-17(16)20)18(22)14-7-9-15(10-8-14)19-23-11-4-12-24-19/h2-3,5-10,19H,4,11-13H2,1H3. The number of nitrogens with zero attached hydrogens (tertiary/aromatic N) is 1. The zero-order valence-corrected chi connectivity index (χ0v) is 15.2. The van der Waals surface area contributed by atoms with E-state index in [1.807, 2.05) is 47.8 Å². The van der Waals surface area contributed by atoms with Crippen molar-refractivity contribution in [2.45, 2.75) is 17.5 Å². The number of carbonyl (C=O) groups is 1. The van der Waals surface area contributed by atoms with Gasteiger partial charge in [0, 0.05) is 24.7 Å². The van der Waals surface area contributed by atoms with Gasteiger partial charge in [-0.15, -0.1) is 23.5 Å². The average molecular weight is 362 g/mol. The molecule has 24 heavy (non-hydrogen) atoms. The number of thioether (sulfide) groups is 2. The molecule has 1 aliphatic rings. The minimum Gasteiger partial charge on any atom is -0.337 e. The van der Waals surface area contributed by atoms with Crippen molar-refractivity contribution in [3.8, 4) is 0 Å². The molecular weight excluding hydrogens is 341 g/mol. The Labute approximate surface area is 150 Å². The van der Waals surface area contributed by atoms with Crippen LogP contribution in [-0.2, 0) is 6.54 Å². The van der Waals surface area contributed by atoms with E-state index in [-0.39, 0.29) is 18.3 Å². The molecule has 0 aromatic heterocycles. The summed E-state index contributed by atoms with van der Waals surface area (Å²) in [6.45, 7) is 0.265. The fourth-order valence-electron chi connectivity index (χ4n) is 2.64. The minimum atomic E-state index is -0.279. The lowest BCUT2D eigenvalue weighted by molar-refractivity contribution is 0.0784. The van der Waals surface area contributed by atoms with E-state index in [9.17, 15) is 9.18 Å². The zero-order valence-electron chi connectivity index (χ0n) is 13.6. The van der Waals surface area contributed by atoms with E-state index >= 15 is 0 Å². The molecule has 0 atom stereocenters. The van der Waals surface area contributed by atoms with Gasteiger partial charge in [0.25, 0.3) is 5.91 Å². The van der Waals surface area contributed by atoms with Crippen LogP contribution in [0.2, 0.25) is 0 Å². The molecular formula is C19H20FNOS2. The first-order valence-electron chi connectivity index (χ1n) is 7.97. The van der Waals surface area contributed by atoms with Gasteiger partial charge in [0.05, 0.1) is 4.58 Å². The van der Waals surface area contributed by atoms with E-state index < -0.39 is 0 Å². The summed E-state index contributed by atoms with van der Waals surface area (Å²) in [5.41, 5.74) is 2.43. The van der Waals surface area contributed by atoms with Gasteiger partial charge in [-0.2, -0.15) is 0 Å². The summed E-state index contributed by atoms with van der Waals surface area (Å²) < 4.78 is 14.2. The van der Waals surface area contributed by atoms with Gasteiger partial charge in [0.2, 0.25) is 0 Å². The molecule has 0 unspecified atom stereocenters. The van der Waals surface area contributed by atoms with Gasteiger partial charge in [-0.25, -0.2) is 4.39 Å². The Bertz CT molecular complexity index is 699. The number of benzene rings is 2. The molecule has 1 aliphatic heterocycles. The van der Waals surface area contributed by atoms with Crippen molar-refractivity contribution in [2.75, 3.05) is 18.6 Å². The third-order valence-electron chi connectivity index (χ3n) is 3.97. The molecule has 1 fully saturated rings. The molecule has 2 nitrogen and oxygen atoms in total. The summed E-state index contributed by atoms with van der Waals surface area (Å²) in [6.07, 6.45) is 1.27. The van der Waals surface area contributed by atoms with Gasteiger partial charge in [0.1, 0.15) is 5.82 Å². The molecule has 0 N–H and O–H groups in total. The van der Waals surface area contributed by atoms with Crippen LogP contribution in [0, 0.1) is 5.82 Å². The predicted molar refractivity (Wildman–Crippen MR) is 101 cm³/mol. The average Bonchev–Trinajstić information content (AvgIpc) is 2.64. The van der Waals surface area contributed by atoms with Crippen LogP contribution in [0.25, 0.3) is 0 Å². The van der Waals surface area contributed by atoms with Crippen LogP contribution in [0.1, 0.15) is 32.5 Å². The Kier molecular flexibility index (Phi) is 5.85. The Morgan fingerprint density at radius 2 is 1.79 bits per heavy atom. The number of carbonyl (C=O) groups excluding carboxylic acids is 1. The van der Waals surface area contributed by atoms with Crippen molar-refractivity contribution < 1.29 is 9.18 Å². The van der Waals surface area contributed by atoms with Gasteiger partial charge in [0.15, 0.2) is 0 Å². The van der Waals surface area contributed by atoms with Crippen molar-refractivity contribution in [3.05, 3.63) is 71.0 Å². The Morgan fingerprint density at radius 1 is 1.12 bits per heavy atom. The molecule has 126 valence electrons. The monoisotopic (exact) mass is 361 g/mol. The number of rotatable bonds is 4. The third-order valence-corrected chi connectivity index (χ3v) is 6.98. The van der Waals surface area contributed by atoms with E-state index in [1.165, 1.54) is 29.6 Å². The Hall–Kier alpha value is -1.46. The summed E-state index contributed by atoms with van der Waals surface area (Å²) in [7, 11) is 1.70. The number of hydrogen-bond acceptors (Lipinski definition) is 3. The molecule has 0 aliphatic carbocycles. The van der Waals surface area contributed by atoms with Crippen LogP contribution in [-0.4, -0.2) is 29.4 Å². The lowest BCUT2D eigenvalue weighted by Crippen LogP contribution is -2.26. The van der Waals surface area contributed by atoms with E-state index in [1.54, 1.807) is 30.1 Å². The summed E-state index contributed by atoms with van der Waals surface area (Å²) in [4.78, 5) is 14.1. The van der Waals surface area contributed by atoms with Gasteiger partial charge in [-0.05, 0) is 41.7 Å². The van der Waals surface area contributed by atoms with Crippen molar-refractivity contribution in [3.63, 3.8) is 0 Å². The predicted octanol–water partition coefficient (Wildman–Crippen LogP) is 4.97. The molecule has 1 heterocycles. The molecule has 2 aromatic carbocycles. The topological polar surface area (TPSA) is 20.3 Å². The van der Waals surface area contributed by atoms with Crippen LogP contribution in [0.5, 0.6) is 0 Å². The van der Waals surface area contributed by atoms with Gasteiger partial charge < -0.3 is 4.90 Å². The number of amides is 1. The van der Waals surface area contributed by atoms with E-state index in [0.717, 1.165) is 0 Å². The molecule has 0 spiro atoms. The van der Waals surface area contributed by atoms with Crippen LogP contribution < -0.4 is 0 Å². The second-order valence-corrected chi connectivity index (χ2v) is 8.53.